The lowest BCUT2D eigenvalue weighted by Crippen LogP contribution is -2.41. The first-order valence-corrected chi connectivity index (χ1v) is 11.5. The number of aliphatic carboxylic acids is 1. The second-order valence-electron chi connectivity index (χ2n) is 6.51. The van der Waals surface area contributed by atoms with Crippen LogP contribution in [0.1, 0.15) is 27.3 Å². The predicted molar refractivity (Wildman–Crippen MR) is 121 cm³/mol. The molecule has 1 aromatic carbocycles. The summed E-state index contributed by atoms with van der Waals surface area (Å²) in [6, 6.07) is 6.22. The number of carboxylic acids is 1. The molecule has 0 aliphatic carbocycles. The highest BCUT2D eigenvalue weighted by atomic mass is 32.2. The monoisotopic (exact) mass is 442 g/mol. The minimum atomic E-state index is -1.03. The number of hydrogen-bond acceptors (Lipinski definition) is 6. The van der Waals surface area contributed by atoms with Crippen LogP contribution in [0.5, 0.6) is 0 Å². The SMILES string of the molecule is CSCC[C@H](NC(=O)c1cccc(/C=C(/Cn2ccnc2)c2nccs2)c1)C(=O)O. The van der Waals surface area contributed by atoms with Crippen molar-refractivity contribution in [2.24, 2.45) is 0 Å². The minimum absolute atomic E-state index is 0.376. The maximum absolute atomic E-state index is 12.6. The quantitative estimate of drug-likeness (QED) is 0.499. The number of rotatable bonds is 10. The number of amides is 1. The van der Waals surface area contributed by atoms with Gasteiger partial charge in [-0.2, -0.15) is 11.8 Å². The van der Waals surface area contributed by atoms with Crippen LogP contribution >= 0.6 is 23.1 Å². The van der Waals surface area contributed by atoms with Gasteiger partial charge in [0.1, 0.15) is 11.0 Å². The zero-order valence-electron chi connectivity index (χ0n) is 16.4. The molecule has 7 nitrogen and oxygen atoms in total. The standard InChI is InChI=1S/C21H22N4O3S2/c1-29-9-5-18(21(27)28)24-19(26)16-4-2-3-15(11-16)12-17(20-23-7-10-30-20)13-25-8-6-22-14-25/h2-4,6-8,10-12,14,18H,5,9,13H2,1H3,(H,24,26)(H,27,28)/b17-12-/t18-/m0/s1. The Kier molecular flexibility index (Phi) is 7.81. The third-order valence-electron chi connectivity index (χ3n) is 4.32. The number of carbonyl (C=O) groups excluding carboxylic acids is 1. The van der Waals surface area contributed by atoms with Crippen LogP contribution in [0.25, 0.3) is 11.6 Å². The molecule has 9 heteroatoms. The molecule has 3 rings (SSSR count). The van der Waals surface area contributed by atoms with E-state index >= 15 is 0 Å². The van der Waals surface area contributed by atoms with Gasteiger partial charge in [0.05, 0.1) is 12.9 Å². The lowest BCUT2D eigenvalue weighted by molar-refractivity contribution is -0.139. The number of thiazole rings is 1. The van der Waals surface area contributed by atoms with E-state index in [9.17, 15) is 14.7 Å². The van der Waals surface area contributed by atoms with Crippen LogP contribution in [0.4, 0.5) is 0 Å². The van der Waals surface area contributed by atoms with Crippen molar-refractivity contribution in [3.05, 3.63) is 70.7 Å². The Morgan fingerprint density at radius 1 is 1.37 bits per heavy atom. The topological polar surface area (TPSA) is 97.1 Å². The van der Waals surface area contributed by atoms with Crippen LogP contribution < -0.4 is 5.32 Å². The van der Waals surface area contributed by atoms with E-state index in [1.165, 1.54) is 0 Å². The summed E-state index contributed by atoms with van der Waals surface area (Å²) in [5.74, 6) is -0.769. The average Bonchev–Trinajstić information content (AvgIpc) is 3.44. The summed E-state index contributed by atoms with van der Waals surface area (Å²) in [6.45, 7) is 0.597. The number of benzene rings is 1. The molecular formula is C21H22N4O3S2. The number of allylic oxidation sites excluding steroid dienone is 1. The highest BCUT2D eigenvalue weighted by Crippen LogP contribution is 2.23. The van der Waals surface area contributed by atoms with Crippen molar-refractivity contribution < 1.29 is 14.7 Å². The molecule has 2 aromatic heterocycles. The summed E-state index contributed by atoms with van der Waals surface area (Å²) in [5.41, 5.74) is 2.24. The maximum atomic E-state index is 12.6. The van der Waals surface area contributed by atoms with Crippen molar-refractivity contribution in [3.8, 4) is 0 Å². The van der Waals surface area contributed by atoms with Crippen LogP contribution in [-0.4, -0.2) is 49.6 Å². The molecule has 0 saturated carbocycles. The summed E-state index contributed by atoms with van der Waals surface area (Å²) < 4.78 is 1.95. The molecule has 0 radical (unpaired) electrons. The van der Waals surface area contributed by atoms with Crippen LogP contribution in [0.3, 0.4) is 0 Å². The lowest BCUT2D eigenvalue weighted by atomic mass is 10.1. The van der Waals surface area contributed by atoms with Gasteiger partial charge in [-0.15, -0.1) is 11.3 Å². The third kappa shape index (κ3) is 6.04. The van der Waals surface area contributed by atoms with E-state index in [1.54, 1.807) is 60.0 Å². The Balaban J connectivity index is 1.82. The fourth-order valence-electron chi connectivity index (χ4n) is 2.84. The molecule has 0 spiro atoms. The first-order chi connectivity index (χ1) is 14.6. The molecule has 0 saturated heterocycles. The van der Waals surface area contributed by atoms with E-state index in [4.69, 9.17) is 0 Å². The van der Waals surface area contributed by atoms with Gasteiger partial charge in [-0.3, -0.25) is 4.79 Å². The van der Waals surface area contributed by atoms with Crippen molar-refractivity contribution in [1.29, 1.82) is 0 Å². The molecule has 2 N–H and O–H groups in total. The van der Waals surface area contributed by atoms with Gasteiger partial charge in [0.25, 0.3) is 5.91 Å². The van der Waals surface area contributed by atoms with Crippen molar-refractivity contribution in [2.45, 2.75) is 19.0 Å². The van der Waals surface area contributed by atoms with Gasteiger partial charge in [0, 0.05) is 35.1 Å². The summed E-state index contributed by atoms with van der Waals surface area (Å²) >= 11 is 3.09. The largest absolute Gasteiger partial charge is 0.480 e. The van der Waals surface area contributed by atoms with Gasteiger partial charge in [-0.05, 0) is 42.2 Å². The molecule has 156 valence electrons. The number of carbonyl (C=O) groups is 2. The molecule has 0 bridgehead atoms. The first-order valence-electron chi connectivity index (χ1n) is 9.25. The fourth-order valence-corrected chi connectivity index (χ4v) is 3.96. The number of carboxylic acid groups (broad SMARTS) is 1. The highest BCUT2D eigenvalue weighted by Gasteiger charge is 2.20. The van der Waals surface area contributed by atoms with E-state index in [0.29, 0.717) is 24.3 Å². The van der Waals surface area contributed by atoms with Gasteiger partial charge in [-0.25, -0.2) is 14.8 Å². The van der Waals surface area contributed by atoms with Gasteiger partial charge >= 0.3 is 5.97 Å². The summed E-state index contributed by atoms with van der Waals surface area (Å²) in [6.07, 6.45) is 11.4. The van der Waals surface area contributed by atoms with Gasteiger partial charge in [0.2, 0.25) is 0 Å². The number of nitrogens with one attached hydrogen (secondary N) is 1. The second kappa shape index (κ2) is 10.7. The Labute approximate surface area is 182 Å². The molecule has 1 amide bonds. The Bertz CT molecular complexity index is 1000. The molecule has 30 heavy (non-hydrogen) atoms. The Morgan fingerprint density at radius 3 is 2.90 bits per heavy atom. The second-order valence-corrected chi connectivity index (χ2v) is 8.39. The molecule has 0 aliphatic rings. The van der Waals surface area contributed by atoms with E-state index < -0.39 is 17.9 Å². The number of nitrogens with zero attached hydrogens (tertiary/aromatic N) is 3. The van der Waals surface area contributed by atoms with E-state index in [0.717, 1.165) is 16.1 Å². The van der Waals surface area contributed by atoms with Crippen LogP contribution in [-0.2, 0) is 11.3 Å². The maximum Gasteiger partial charge on any atom is 0.326 e. The van der Waals surface area contributed by atoms with Crippen molar-refractivity contribution in [1.82, 2.24) is 19.9 Å². The van der Waals surface area contributed by atoms with E-state index in [1.807, 2.05) is 34.5 Å². The van der Waals surface area contributed by atoms with Gasteiger partial charge in [-0.1, -0.05) is 12.1 Å². The van der Waals surface area contributed by atoms with E-state index in [-0.39, 0.29) is 0 Å². The number of hydrogen-bond donors (Lipinski definition) is 2. The van der Waals surface area contributed by atoms with Crippen LogP contribution in [0.2, 0.25) is 0 Å². The summed E-state index contributed by atoms with van der Waals surface area (Å²) in [7, 11) is 0. The molecular weight excluding hydrogens is 420 g/mol. The third-order valence-corrected chi connectivity index (χ3v) is 5.82. The Hall–Kier alpha value is -2.91. The molecule has 3 aromatic rings. The molecule has 1 atom stereocenters. The number of thioether (sulfide) groups is 1. The van der Waals surface area contributed by atoms with Gasteiger partial charge in [0.15, 0.2) is 0 Å². The number of imidazole rings is 1. The smallest absolute Gasteiger partial charge is 0.326 e. The first kappa shape index (κ1) is 21.8. The fraction of sp³-hybridized carbons (Fsp3) is 0.238. The normalized spacial score (nSPS) is 12.5. The van der Waals surface area contributed by atoms with Crippen LogP contribution in [0.15, 0.2) is 54.6 Å². The lowest BCUT2D eigenvalue weighted by Gasteiger charge is -2.14. The van der Waals surface area contributed by atoms with Crippen LogP contribution in [0, 0.1) is 0 Å². The van der Waals surface area contributed by atoms with E-state index in [2.05, 4.69) is 15.3 Å². The van der Waals surface area contributed by atoms with Crippen molar-refractivity contribution in [2.75, 3.05) is 12.0 Å². The van der Waals surface area contributed by atoms with Crippen molar-refractivity contribution >= 4 is 46.6 Å². The summed E-state index contributed by atoms with van der Waals surface area (Å²) in [5, 5.41) is 14.8. The Morgan fingerprint density at radius 2 is 2.23 bits per heavy atom. The average molecular weight is 443 g/mol. The predicted octanol–water partition coefficient (Wildman–Crippen LogP) is 3.52. The molecule has 0 aliphatic heterocycles. The highest BCUT2D eigenvalue weighted by molar-refractivity contribution is 7.98. The molecule has 0 unspecified atom stereocenters. The zero-order chi connectivity index (χ0) is 21.3. The molecule has 2 heterocycles. The van der Waals surface area contributed by atoms with Gasteiger partial charge < -0.3 is 15.0 Å². The van der Waals surface area contributed by atoms with Crippen molar-refractivity contribution in [3.63, 3.8) is 0 Å². The minimum Gasteiger partial charge on any atom is -0.480 e. The number of aromatic nitrogens is 3. The molecule has 0 fully saturated rings. The summed E-state index contributed by atoms with van der Waals surface area (Å²) in [4.78, 5) is 32.5. The zero-order valence-corrected chi connectivity index (χ0v) is 18.0.